The highest BCUT2D eigenvalue weighted by atomic mass is 16.7. The summed E-state index contributed by atoms with van der Waals surface area (Å²) < 4.78 is 4.27. The van der Waals surface area contributed by atoms with E-state index < -0.39 is 6.16 Å². The Bertz CT molecular complexity index is 274. The molecule has 1 aromatic rings. The Morgan fingerprint density at radius 2 is 2.36 bits per heavy atom. The maximum Gasteiger partial charge on any atom is 0.511 e. The van der Waals surface area contributed by atoms with Crippen molar-refractivity contribution in [2.45, 2.75) is 0 Å². The van der Waals surface area contributed by atoms with Crippen LogP contribution in [-0.4, -0.2) is 16.2 Å². The summed E-state index contributed by atoms with van der Waals surface area (Å²) in [6, 6.07) is 1.38. The van der Waals surface area contributed by atoms with E-state index >= 15 is 0 Å². The van der Waals surface area contributed by atoms with Crippen molar-refractivity contribution < 1.29 is 14.6 Å². The zero-order valence-electron chi connectivity index (χ0n) is 5.52. The first-order valence-corrected chi connectivity index (χ1v) is 2.80. The van der Waals surface area contributed by atoms with Gasteiger partial charge in [0.05, 0.1) is 18.1 Å². The van der Waals surface area contributed by atoms with Crippen molar-refractivity contribution in [3.8, 4) is 5.75 Å². The maximum atomic E-state index is 9.99. The highest BCUT2D eigenvalue weighted by molar-refractivity contribution is 5.61. The van der Waals surface area contributed by atoms with Gasteiger partial charge in [-0.05, 0) is 0 Å². The van der Waals surface area contributed by atoms with Gasteiger partial charge in [-0.25, -0.2) is 4.79 Å². The fourth-order valence-electron chi connectivity index (χ4n) is 0.592. The minimum Gasteiger partial charge on any atom is -0.449 e. The first-order chi connectivity index (χ1) is 5.18. The SMILES string of the molecule is Nc1cncc(OC(=O)O)c1. The summed E-state index contributed by atoms with van der Waals surface area (Å²) in [7, 11) is 0. The number of hydrogen-bond acceptors (Lipinski definition) is 4. The maximum absolute atomic E-state index is 9.99. The number of aromatic nitrogens is 1. The Kier molecular flexibility index (Phi) is 1.91. The van der Waals surface area contributed by atoms with Crippen molar-refractivity contribution in [1.29, 1.82) is 0 Å². The summed E-state index contributed by atoms with van der Waals surface area (Å²) in [5.41, 5.74) is 5.66. The van der Waals surface area contributed by atoms with E-state index in [0.29, 0.717) is 5.69 Å². The van der Waals surface area contributed by atoms with Gasteiger partial charge in [0.1, 0.15) is 0 Å². The van der Waals surface area contributed by atoms with Gasteiger partial charge in [0, 0.05) is 6.07 Å². The van der Waals surface area contributed by atoms with E-state index in [9.17, 15) is 4.79 Å². The molecule has 0 bridgehead atoms. The van der Waals surface area contributed by atoms with Crippen LogP contribution >= 0.6 is 0 Å². The standard InChI is InChI=1S/C6H6N2O3/c7-4-1-5(3-8-2-4)11-6(9)10/h1-3H,7H2,(H,9,10). The molecule has 0 fully saturated rings. The Labute approximate surface area is 62.4 Å². The largest absolute Gasteiger partial charge is 0.511 e. The van der Waals surface area contributed by atoms with Crippen LogP contribution in [0.25, 0.3) is 0 Å². The van der Waals surface area contributed by atoms with Gasteiger partial charge in [0.15, 0.2) is 5.75 Å². The first kappa shape index (κ1) is 7.33. The molecule has 1 heterocycles. The molecule has 58 valence electrons. The molecule has 1 rings (SSSR count). The molecular weight excluding hydrogens is 148 g/mol. The number of nitrogen functional groups attached to an aromatic ring is 1. The molecule has 0 aromatic carbocycles. The van der Waals surface area contributed by atoms with Crippen LogP contribution in [0.4, 0.5) is 10.5 Å². The lowest BCUT2D eigenvalue weighted by molar-refractivity contribution is 0.144. The van der Waals surface area contributed by atoms with E-state index in [0.717, 1.165) is 0 Å². The van der Waals surface area contributed by atoms with Gasteiger partial charge in [-0.1, -0.05) is 0 Å². The van der Waals surface area contributed by atoms with Crippen molar-refractivity contribution in [2.75, 3.05) is 5.73 Å². The van der Waals surface area contributed by atoms with Crippen LogP contribution < -0.4 is 10.5 Å². The smallest absolute Gasteiger partial charge is 0.449 e. The van der Waals surface area contributed by atoms with Gasteiger partial charge >= 0.3 is 6.16 Å². The van der Waals surface area contributed by atoms with Crippen LogP contribution in [0.15, 0.2) is 18.5 Å². The molecule has 0 aliphatic rings. The minimum absolute atomic E-state index is 0.123. The summed E-state index contributed by atoms with van der Waals surface area (Å²) in [4.78, 5) is 13.6. The third-order valence-corrected chi connectivity index (χ3v) is 0.939. The highest BCUT2D eigenvalue weighted by Crippen LogP contribution is 2.11. The monoisotopic (exact) mass is 154 g/mol. The lowest BCUT2D eigenvalue weighted by atomic mass is 10.4. The van der Waals surface area contributed by atoms with E-state index in [1.165, 1.54) is 18.5 Å². The number of carboxylic acid groups (broad SMARTS) is 1. The number of nitrogens with two attached hydrogens (primary N) is 1. The molecule has 0 saturated carbocycles. The number of hydrogen-bond donors (Lipinski definition) is 2. The molecule has 0 saturated heterocycles. The van der Waals surface area contributed by atoms with Crippen LogP contribution in [-0.2, 0) is 0 Å². The summed E-state index contributed by atoms with van der Waals surface area (Å²) >= 11 is 0. The molecule has 3 N–H and O–H groups in total. The number of ether oxygens (including phenoxy) is 1. The summed E-state index contributed by atoms with van der Waals surface area (Å²) in [6.45, 7) is 0. The molecule has 0 spiro atoms. The fourth-order valence-corrected chi connectivity index (χ4v) is 0.592. The molecule has 5 nitrogen and oxygen atoms in total. The molecule has 11 heavy (non-hydrogen) atoms. The molecule has 1 aromatic heterocycles. The van der Waals surface area contributed by atoms with Crippen molar-refractivity contribution in [2.24, 2.45) is 0 Å². The van der Waals surface area contributed by atoms with Crippen molar-refractivity contribution in [3.05, 3.63) is 18.5 Å². The predicted octanol–water partition coefficient (Wildman–Crippen LogP) is 0.721. The van der Waals surface area contributed by atoms with Crippen LogP contribution in [0.5, 0.6) is 5.75 Å². The average Bonchev–Trinajstić information content (AvgIpc) is 1.85. The van der Waals surface area contributed by atoms with E-state index in [-0.39, 0.29) is 5.75 Å². The molecular formula is C6H6N2O3. The van der Waals surface area contributed by atoms with Gasteiger partial charge < -0.3 is 15.6 Å². The average molecular weight is 154 g/mol. The second-order valence-corrected chi connectivity index (χ2v) is 1.82. The quantitative estimate of drug-likeness (QED) is 0.582. The lowest BCUT2D eigenvalue weighted by Gasteiger charge is -1.98. The molecule has 0 unspecified atom stereocenters. The second-order valence-electron chi connectivity index (χ2n) is 1.82. The van der Waals surface area contributed by atoms with Crippen molar-refractivity contribution >= 4 is 11.8 Å². The van der Waals surface area contributed by atoms with Gasteiger partial charge in [-0.3, -0.25) is 4.98 Å². The number of rotatable bonds is 1. The van der Waals surface area contributed by atoms with Gasteiger partial charge in [0.25, 0.3) is 0 Å². The first-order valence-electron chi connectivity index (χ1n) is 2.80. The summed E-state index contributed by atoms with van der Waals surface area (Å²) in [5, 5.41) is 8.17. The van der Waals surface area contributed by atoms with Crippen LogP contribution in [0.2, 0.25) is 0 Å². The van der Waals surface area contributed by atoms with E-state index in [2.05, 4.69) is 9.72 Å². The Balaban J connectivity index is 2.79. The van der Waals surface area contributed by atoms with E-state index in [4.69, 9.17) is 10.8 Å². The third kappa shape index (κ3) is 2.13. The highest BCUT2D eigenvalue weighted by Gasteiger charge is 1.99. The van der Waals surface area contributed by atoms with E-state index in [1.807, 2.05) is 0 Å². The minimum atomic E-state index is -1.38. The topological polar surface area (TPSA) is 85.4 Å². The number of carbonyl (C=O) groups is 1. The van der Waals surface area contributed by atoms with Crippen LogP contribution in [0.1, 0.15) is 0 Å². The van der Waals surface area contributed by atoms with Gasteiger partial charge in [-0.2, -0.15) is 0 Å². The Hall–Kier alpha value is -1.78. The molecule has 0 radical (unpaired) electrons. The fraction of sp³-hybridized carbons (Fsp3) is 0. The Morgan fingerprint density at radius 1 is 1.64 bits per heavy atom. The summed E-state index contributed by atoms with van der Waals surface area (Å²) in [5.74, 6) is 0.123. The lowest BCUT2D eigenvalue weighted by Crippen LogP contribution is -2.03. The molecule has 0 atom stereocenters. The molecule has 0 aliphatic heterocycles. The zero-order chi connectivity index (χ0) is 8.27. The number of pyridine rings is 1. The third-order valence-electron chi connectivity index (χ3n) is 0.939. The predicted molar refractivity (Wildman–Crippen MR) is 37.3 cm³/mol. The van der Waals surface area contributed by atoms with Crippen molar-refractivity contribution in [1.82, 2.24) is 4.98 Å². The van der Waals surface area contributed by atoms with Crippen LogP contribution in [0, 0.1) is 0 Å². The summed E-state index contributed by atoms with van der Waals surface area (Å²) in [6.07, 6.45) is 1.29. The molecule has 0 amide bonds. The number of anilines is 1. The van der Waals surface area contributed by atoms with Crippen LogP contribution in [0.3, 0.4) is 0 Å². The normalized spacial score (nSPS) is 9.09. The number of nitrogens with zero attached hydrogens (tertiary/aromatic N) is 1. The zero-order valence-corrected chi connectivity index (χ0v) is 5.52. The van der Waals surface area contributed by atoms with Gasteiger partial charge in [0.2, 0.25) is 0 Å². The Morgan fingerprint density at radius 3 is 2.91 bits per heavy atom. The van der Waals surface area contributed by atoms with Crippen molar-refractivity contribution in [3.63, 3.8) is 0 Å². The molecule has 0 aliphatic carbocycles. The van der Waals surface area contributed by atoms with Gasteiger partial charge in [-0.15, -0.1) is 0 Å². The molecule has 5 heteroatoms. The second kappa shape index (κ2) is 2.87. The van der Waals surface area contributed by atoms with E-state index in [1.54, 1.807) is 0 Å².